The van der Waals surface area contributed by atoms with Crippen molar-refractivity contribution < 1.29 is 9.53 Å². The molecular formula is C8H13ClN2O2. The summed E-state index contributed by atoms with van der Waals surface area (Å²) in [6, 6.07) is 0. The lowest BCUT2D eigenvalue weighted by atomic mass is 10.4. The fourth-order valence-electron chi connectivity index (χ4n) is 0.867. The molecule has 0 atom stereocenters. The highest BCUT2D eigenvalue weighted by molar-refractivity contribution is 5.88. The summed E-state index contributed by atoms with van der Waals surface area (Å²) >= 11 is 0. The molecule has 1 aliphatic rings. The maximum Gasteiger partial charge on any atom is 0.253 e. The van der Waals surface area contributed by atoms with Crippen molar-refractivity contribution >= 4 is 18.3 Å². The first-order chi connectivity index (χ1) is 5.84. The van der Waals surface area contributed by atoms with E-state index in [1.807, 2.05) is 0 Å². The number of carbonyl (C=O) groups excluding carboxylic acids is 1. The van der Waals surface area contributed by atoms with Gasteiger partial charge in [-0.2, -0.15) is 0 Å². The fourth-order valence-corrected chi connectivity index (χ4v) is 0.867. The first-order valence-electron chi connectivity index (χ1n) is 3.84. The van der Waals surface area contributed by atoms with E-state index in [9.17, 15) is 4.79 Å². The predicted molar refractivity (Wildman–Crippen MR) is 52.0 cm³/mol. The molecule has 0 radical (unpaired) electrons. The second kappa shape index (κ2) is 6.51. The number of carbonyl (C=O) groups is 1. The van der Waals surface area contributed by atoms with Crippen LogP contribution in [0.1, 0.15) is 6.42 Å². The highest BCUT2D eigenvalue weighted by Crippen LogP contribution is 2.00. The van der Waals surface area contributed by atoms with E-state index in [0.717, 1.165) is 6.42 Å². The van der Waals surface area contributed by atoms with Crippen LogP contribution in [0.3, 0.4) is 0 Å². The molecule has 13 heavy (non-hydrogen) atoms. The van der Waals surface area contributed by atoms with Crippen molar-refractivity contribution in [3.8, 4) is 0 Å². The van der Waals surface area contributed by atoms with E-state index in [1.165, 1.54) is 18.6 Å². The van der Waals surface area contributed by atoms with Gasteiger partial charge >= 0.3 is 0 Å². The molecule has 1 heterocycles. The molecule has 2 N–H and O–H groups in total. The molecule has 0 fully saturated rings. The third-order valence-electron chi connectivity index (χ3n) is 1.49. The summed E-state index contributed by atoms with van der Waals surface area (Å²) in [4.78, 5) is 12.8. The fraction of sp³-hybridized carbons (Fsp3) is 0.375. The van der Waals surface area contributed by atoms with Gasteiger partial charge in [-0.1, -0.05) is 0 Å². The van der Waals surface area contributed by atoms with E-state index < -0.39 is 0 Å². The molecule has 0 aromatic rings. The van der Waals surface area contributed by atoms with Crippen LogP contribution in [-0.4, -0.2) is 23.9 Å². The van der Waals surface area contributed by atoms with E-state index in [4.69, 9.17) is 10.5 Å². The molecule has 4 nitrogen and oxygen atoms in total. The Morgan fingerprint density at radius 2 is 2.23 bits per heavy atom. The summed E-state index contributed by atoms with van der Waals surface area (Å²) < 4.78 is 4.82. The van der Waals surface area contributed by atoms with Crippen LogP contribution in [0, 0.1) is 0 Å². The predicted octanol–water partition coefficient (Wildman–Crippen LogP) is 0.601. The molecule has 0 unspecified atom stereocenters. The summed E-state index contributed by atoms with van der Waals surface area (Å²) in [5, 5.41) is 0. The average Bonchev–Trinajstić information content (AvgIpc) is 2.27. The zero-order valence-corrected chi connectivity index (χ0v) is 8.00. The number of ether oxygens (including phenoxy) is 1. The molecule has 1 aliphatic heterocycles. The Hall–Kier alpha value is -1.00. The second-order valence-corrected chi connectivity index (χ2v) is 2.40. The number of rotatable bonds is 3. The largest absolute Gasteiger partial charge is 0.471 e. The summed E-state index contributed by atoms with van der Waals surface area (Å²) in [5.41, 5.74) is 5.32. The van der Waals surface area contributed by atoms with Crippen LogP contribution < -0.4 is 5.73 Å². The van der Waals surface area contributed by atoms with E-state index >= 15 is 0 Å². The Kier molecular flexibility index (Phi) is 6.01. The van der Waals surface area contributed by atoms with E-state index in [1.54, 1.807) is 11.1 Å². The van der Waals surface area contributed by atoms with E-state index in [2.05, 4.69) is 0 Å². The Morgan fingerprint density at radius 3 is 2.92 bits per heavy atom. The van der Waals surface area contributed by atoms with Gasteiger partial charge in [0.15, 0.2) is 0 Å². The van der Waals surface area contributed by atoms with Gasteiger partial charge in [-0.05, 0) is 13.0 Å². The van der Waals surface area contributed by atoms with E-state index in [0.29, 0.717) is 13.1 Å². The Bertz CT molecular complexity index is 216. The lowest BCUT2D eigenvalue weighted by molar-refractivity contribution is -0.123. The van der Waals surface area contributed by atoms with Gasteiger partial charge in [0.2, 0.25) is 0 Å². The maximum atomic E-state index is 11.2. The number of amides is 1. The number of nitrogens with two attached hydrogens (primary N) is 1. The topological polar surface area (TPSA) is 55.6 Å². The maximum absolute atomic E-state index is 11.2. The monoisotopic (exact) mass is 204 g/mol. The molecule has 5 heteroatoms. The Labute approximate surface area is 83.4 Å². The average molecular weight is 205 g/mol. The lowest BCUT2D eigenvalue weighted by Crippen LogP contribution is -2.25. The van der Waals surface area contributed by atoms with Gasteiger partial charge in [-0.25, -0.2) is 0 Å². The molecule has 74 valence electrons. The molecule has 0 aliphatic carbocycles. The van der Waals surface area contributed by atoms with Gasteiger partial charge < -0.3 is 15.4 Å². The first-order valence-corrected chi connectivity index (χ1v) is 3.84. The molecule has 0 aromatic carbocycles. The molecule has 0 saturated heterocycles. The number of hydrogen-bond acceptors (Lipinski definition) is 3. The molecule has 1 rings (SSSR count). The van der Waals surface area contributed by atoms with Gasteiger partial charge in [0, 0.05) is 18.8 Å². The smallest absolute Gasteiger partial charge is 0.253 e. The van der Waals surface area contributed by atoms with Gasteiger partial charge in [0.25, 0.3) is 5.91 Å². The minimum Gasteiger partial charge on any atom is -0.471 e. The van der Waals surface area contributed by atoms with E-state index in [-0.39, 0.29) is 18.3 Å². The van der Waals surface area contributed by atoms with Crippen molar-refractivity contribution in [2.75, 3.05) is 13.1 Å². The zero-order chi connectivity index (χ0) is 8.81. The molecule has 1 amide bonds. The minimum absolute atomic E-state index is 0. The van der Waals surface area contributed by atoms with Crippen molar-refractivity contribution in [3.05, 3.63) is 24.8 Å². The summed E-state index contributed by atoms with van der Waals surface area (Å²) in [7, 11) is 0. The molecule has 0 bridgehead atoms. The SMILES string of the molecule is Cl.NCCCN1C=COC=CC1=O. The van der Waals surface area contributed by atoms with Gasteiger partial charge in [0.05, 0.1) is 6.26 Å². The third kappa shape index (κ3) is 3.96. The number of halogens is 1. The summed E-state index contributed by atoms with van der Waals surface area (Å²) in [6.07, 6.45) is 6.62. The standard InChI is InChI=1S/C8H12N2O2.ClH/c9-3-1-4-10-5-7-12-6-2-8(10)11;/h2,5-7H,1,3-4,9H2;1H. The normalized spacial score (nSPS) is 14.8. The molecule has 0 saturated carbocycles. The number of nitrogens with zero attached hydrogens (tertiary/aromatic N) is 1. The van der Waals surface area contributed by atoms with Crippen molar-refractivity contribution in [3.63, 3.8) is 0 Å². The van der Waals surface area contributed by atoms with Crippen LogP contribution >= 0.6 is 12.4 Å². The summed E-state index contributed by atoms with van der Waals surface area (Å²) in [5.74, 6) is -0.0720. The molecule has 0 spiro atoms. The Balaban J connectivity index is 0.00000144. The van der Waals surface area contributed by atoms with Crippen LogP contribution in [-0.2, 0) is 9.53 Å². The zero-order valence-electron chi connectivity index (χ0n) is 7.18. The van der Waals surface area contributed by atoms with Gasteiger partial charge in [-0.15, -0.1) is 12.4 Å². The van der Waals surface area contributed by atoms with Gasteiger partial charge in [-0.3, -0.25) is 4.79 Å². The van der Waals surface area contributed by atoms with Crippen LogP contribution in [0.2, 0.25) is 0 Å². The highest BCUT2D eigenvalue weighted by atomic mass is 35.5. The van der Waals surface area contributed by atoms with Crippen LogP contribution in [0.25, 0.3) is 0 Å². The Morgan fingerprint density at radius 1 is 1.46 bits per heavy atom. The quantitative estimate of drug-likeness (QED) is 0.733. The van der Waals surface area contributed by atoms with Crippen molar-refractivity contribution in [1.82, 2.24) is 4.90 Å². The van der Waals surface area contributed by atoms with Gasteiger partial charge in [0.1, 0.15) is 6.26 Å². The minimum atomic E-state index is -0.0720. The molecule has 0 aromatic heterocycles. The molecular weight excluding hydrogens is 192 g/mol. The van der Waals surface area contributed by atoms with Crippen LogP contribution in [0.4, 0.5) is 0 Å². The summed E-state index contributed by atoms with van der Waals surface area (Å²) in [6.45, 7) is 1.22. The van der Waals surface area contributed by atoms with Crippen molar-refractivity contribution in [1.29, 1.82) is 0 Å². The first kappa shape index (κ1) is 12.0. The van der Waals surface area contributed by atoms with Crippen molar-refractivity contribution in [2.45, 2.75) is 6.42 Å². The third-order valence-corrected chi connectivity index (χ3v) is 1.49. The van der Waals surface area contributed by atoms with Crippen LogP contribution in [0.15, 0.2) is 24.8 Å². The second-order valence-electron chi connectivity index (χ2n) is 2.40. The highest BCUT2D eigenvalue weighted by Gasteiger charge is 2.07. The van der Waals surface area contributed by atoms with Crippen molar-refractivity contribution in [2.24, 2.45) is 5.73 Å². The van der Waals surface area contributed by atoms with Crippen LogP contribution in [0.5, 0.6) is 0 Å². The lowest BCUT2D eigenvalue weighted by Gasteiger charge is -2.13. The number of hydrogen-bond donors (Lipinski definition) is 1.